The van der Waals surface area contributed by atoms with E-state index in [1.165, 1.54) is 16.4 Å². The molecule has 1 fully saturated rings. The molecule has 2 aliphatic heterocycles. The van der Waals surface area contributed by atoms with Crippen LogP contribution in [0.25, 0.3) is 0 Å². The Morgan fingerprint density at radius 1 is 1.31 bits per heavy atom. The lowest BCUT2D eigenvalue weighted by Gasteiger charge is -2.32. The third-order valence-corrected chi connectivity index (χ3v) is 6.73. The van der Waals surface area contributed by atoms with Crippen LogP contribution in [0.2, 0.25) is 0 Å². The van der Waals surface area contributed by atoms with Crippen molar-refractivity contribution in [3.05, 3.63) is 61.2 Å². The zero-order valence-electron chi connectivity index (χ0n) is 15.9. The van der Waals surface area contributed by atoms with Crippen molar-refractivity contribution in [2.45, 2.75) is 17.7 Å². The van der Waals surface area contributed by atoms with Gasteiger partial charge in [-0.3, -0.25) is 4.79 Å². The van der Waals surface area contributed by atoms with Crippen molar-refractivity contribution < 1.29 is 17.6 Å². The number of hydrogen-bond donors (Lipinski definition) is 1. The molecule has 1 aromatic carbocycles. The minimum absolute atomic E-state index is 0.0887. The molecule has 0 aliphatic carbocycles. The monoisotopic (exact) mass is 418 g/mol. The molecule has 0 spiro atoms. The average Bonchev–Trinajstić information content (AvgIpc) is 2.98. The molecule has 7 nitrogen and oxygen atoms in total. The molecule has 1 amide bonds. The molecule has 0 atom stereocenters. The number of sulfonamides is 1. The number of anilines is 1. The smallest absolute Gasteiger partial charge is 0.247 e. The number of hydrogen-bond acceptors (Lipinski definition) is 5. The predicted molar refractivity (Wildman–Crippen MR) is 110 cm³/mol. The van der Waals surface area contributed by atoms with Crippen LogP contribution in [-0.2, 0) is 14.8 Å². The summed E-state index contributed by atoms with van der Waals surface area (Å²) in [6.07, 6.45) is 11.6. The summed E-state index contributed by atoms with van der Waals surface area (Å²) in [4.78, 5) is 17.3. The molecule has 1 N–H and O–H groups in total. The van der Waals surface area contributed by atoms with Crippen LogP contribution in [0.1, 0.15) is 12.8 Å². The molecule has 154 valence electrons. The topological polar surface area (TPSA) is 82.1 Å². The number of halogens is 1. The maximum Gasteiger partial charge on any atom is 0.247 e. The molecular weight excluding hydrogens is 395 g/mol. The van der Waals surface area contributed by atoms with Crippen LogP contribution < -0.4 is 5.32 Å². The molecule has 9 heteroatoms. The van der Waals surface area contributed by atoms with Crippen molar-refractivity contribution >= 4 is 28.0 Å². The van der Waals surface area contributed by atoms with Gasteiger partial charge < -0.3 is 10.2 Å². The van der Waals surface area contributed by atoms with Crippen LogP contribution in [0.3, 0.4) is 0 Å². The summed E-state index contributed by atoms with van der Waals surface area (Å²) in [7, 11) is -3.80. The average molecular weight is 418 g/mol. The molecule has 2 heterocycles. The summed E-state index contributed by atoms with van der Waals surface area (Å²) in [6, 6.07) is 3.48. The molecule has 3 rings (SSSR count). The number of rotatable bonds is 6. The fourth-order valence-corrected chi connectivity index (χ4v) is 4.73. The molecule has 1 saturated heterocycles. The first kappa shape index (κ1) is 20.9. The molecule has 0 radical (unpaired) electrons. The second-order valence-electron chi connectivity index (χ2n) is 6.83. The van der Waals surface area contributed by atoms with Crippen molar-refractivity contribution in [1.29, 1.82) is 0 Å². The molecule has 0 unspecified atom stereocenters. The number of aliphatic imine (C=N–C) groups is 1. The zero-order chi connectivity index (χ0) is 20.9. The normalized spacial score (nSPS) is 17.9. The van der Waals surface area contributed by atoms with E-state index in [1.807, 2.05) is 23.3 Å². The Balaban J connectivity index is 1.63. The van der Waals surface area contributed by atoms with Gasteiger partial charge in [0.2, 0.25) is 15.9 Å². The van der Waals surface area contributed by atoms with E-state index in [0.717, 1.165) is 18.7 Å². The van der Waals surface area contributed by atoms with Gasteiger partial charge in [-0.15, -0.1) is 0 Å². The Hall–Kier alpha value is -2.78. The quantitative estimate of drug-likeness (QED) is 0.720. The van der Waals surface area contributed by atoms with Crippen LogP contribution >= 0.6 is 0 Å². The second kappa shape index (κ2) is 9.15. The van der Waals surface area contributed by atoms with Crippen molar-refractivity contribution in [1.82, 2.24) is 9.21 Å². The Morgan fingerprint density at radius 2 is 2.07 bits per heavy atom. The van der Waals surface area contributed by atoms with Gasteiger partial charge in [-0.1, -0.05) is 6.58 Å². The first-order valence-corrected chi connectivity index (χ1v) is 10.7. The molecule has 2 aliphatic rings. The van der Waals surface area contributed by atoms with E-state index in [4.69, 9.17) is 0 Å². The van der Waals surface area contributed by atoms with E-state index < -0.39 is 21.7 Å². The lowest BCUT2D eigenvalue weighted by molar-refractivity contribution is -0.111. The minimum Gasteiger partial charge on any atom is -0.339 e. The van der Waals surface area contributed by atoms with E-state index in [2.05, 4.69) is 16.9 Å². The SMILES string of the molecule is C=CC(=O)Nc1ccc(S(=O)(=O)N2CCC(CN3C=CC=CN=C3)CC2)cc1F. The maximum atomic E-state index is 14.2. The highest BCUT2D eigenvalue weighted by atomic mass is 32.2. The van der Waals surface area contributed by atoms with Gasteiger partial charge in [0, 0.05) is 32.0 Å². The summed E-state index contributed by atoms with van der Waals surface area (Å²) < 4.78 is 41.4. The minimum atomic E-state index is -3.80. The number of carbonyl (C=O) groups is 1. The number of carbonyl (C=O) groups excluding carboxylic acids is 1. The Bertz CT molecular complexity index is 948. The van der Waals surface area contributed by atoms with Crippen LogP contribution in [-0.4, -0.2) is 49.5 Å². The lowest BCUT2D eigenvalue weighted by Crippen LogP contribution is -2.40. The number of benzene rings is 1. The van der Waals surface area contributed by atoms with Crippen molar-refractivity contribution in [2.24, 2.45) is 10.9 Å². The number of allylic oxidation sites excluding steroid dienone is 2. The lowest BCUT2D eigenvalue weighted by atomic mass is 9.98. The zero-order valence-corrected chi connectivity index (χ0v) is 16.7. The first-order valence-electron chi connectivity index (χ1n) is 9.25. The summed E-state index contributed by atoms with van der Waals surface area (Å²) in [6.45, 7) is 4.81. The van der Waals surface area contributed by atoms with Gasteiger partial charge in [0.15, 0.2) is 0 Å². The van der Waals surface area contributed by atoms with Gasteiger partial charge in [-0.05, 0) is 55.2 Å². The van der Waals surface area contributed by atoms with Crippen LogP contribution in [0.15, 0.2) is 65.3 Å². The van der Waals surface area contributed by atoms with Crippen LogP contribution in [0, 0.1) is 11.7 Å². The third kappa shape index (κ3) is 5.18. The summed E-state index contributed by atoms with van der Waals surface area (Å²) in [5.41, 5.74) is -0.0887. The van der Waals surface area contributed by atoms with E-state index in [1.54, 1.807) is 12.5 Å². The van der Waals surface area contributed by atoms with Crippen molar-refractivity contribution in [3.8, 4) is 0 Å². The van der Waals surface area contributed by atoms with Gasteiger partial charge in [-0.25, -0.2) is 17.8 Å². The summed E-state index contributed by atoms with van der Waals surface area (Å²) in [5, 5.41) is 2.30. The maximum absolute atomic E-state index is 14.2. The van der Waals surface area contributed by atoms with E-state index in [-0.39, 0.29) is 10.6 Å². The van der Waals surface area contributed by atoms with Crippen LogP contribution in [0.4, 0.5) is 10.1 Å². The van der Waals surface area contributed by atoms with E-state index in [9.17, 15) is 17.6 Å². The van der Waals surface area contributed by atoms with E-state index in [0.29, 0.717) is 31.8 Å². The predicted octanol–water partition coefficient (Wildman–Crippen LogP) is 2.72. The largest absolute Gasteiger partial charge is 0.339 e. The van der Waals surface area contributed by atoms with Gasteiger partial charge in [0.25, 0.3) is 0 Å². The van der Waals surface area contributed by atoms with Crippen molar-refractivity contribution in [3.63, 3.8) is 0 Å². The van der Waals surface area contributed by atoms with E-state index >= 15 is 0 Å². The number of piperidine rings is 1. The summed E-state index contributed by atoms with van der Waals surface area (Å²) in [5.74, 6) is -1.04. The van der Waals surface area contributed by atoms with Gasteiger partial charge >= 0.3 is 0 Å². The number of amides is 1. The fourth-order valence-electron chi connectivity index (χ4n) is 3.25. The van der Waals surface area contributed by atoms with Gasteiger partial charge in [0.05, 0.1) is 16.9 Å². The molecule has 29 heavy (non-hydrogen) atoms. The highest BCUT2D eigenvalue weighted by Gasteiger charge is 2.30. The van der Waals surface area contributed by atoms with Gasteiger partial charge in [-0.2, -0.15) is 4.31 Å². The Labute approximate surface area is 170 Å². The molecule has 1 aromatic rings. The number of nitrogens with one attached hydrogen (secondary N) is 1. The first-order chi connectivity index (χ1) is 13.9. The second-order valence-corrected chi connectivity index (χ2v) is 8.76. The highest BCUT2D eigenvalue weighted by molar-refractivity contribution is 7.89. The van der Waals surface area contributed by atoms with Crippen LogP contribution in [0.5, 0.6) is 0 Å². The Morgan fingerprint density at radius 3 is 2.76 bits per heavy atom. The van der Waals surface area contributed by atoms with Gasteiger partial charge in [0.1, 0.15) is 5.82 Å². The Kier molecular flexibility index (Phi) is 6.60. The molecule has 0 aromatic heterocycles. The highest BCUT2D eigenvalue weighted by Crippen LogP contribution is 2.26. The molecular formula is C20H23FN4O3S. The standard InChI is InChI=1S/C20H23FN4O3S/c1-2-20(26)23-19-6-5-17(13-18(19)21)29(27,28)25-11-7-16(8-12-25)14-24-10-4-3-9-22-15-24/h2-6,9-10,13,15-16H,1,7-8,11-12,14H2,(H,23,26). The molecule has 0 saturated carbocycles. The molecule has 0 bridgehead atoms. The third-order valence-electron chi connectivity index (χ3n) is 4.84. The number of nitrogens with zero attached hydrogens (tertiary/aromatic N) is 3. The fraction of sp³-hybridized carbons (Fsp3) is 0.300. The van der Waals surface area contributed by atoms with Crippen molar-refractivity contribution in [2.75, 3.05) is 25.0 Å². The summed E-state index contributed by atoms with van der Waals surface area (Å²) >= 11 is 0.